The van der Waals surface area contributed by atoms with Crippen LogP contribution in [0.1, 0.15) is 30.8 Å². The molecule has 1 aromatic heterocycles. The molecule has 1 atom stereocenters. The highest BCUT2D eigenvalue weighted by molar-refractivity contribution is 9.10. The third-order valence-electron chi connectivity index (χ3n) is 2.10. The van der Waals surface area contributed by atoms with E-state index in [4.69, 9.17) is 0 Å². The van der Waals surface area contributed by atoms with E-state index in [2.05, 4.69) is 21.0 Å². The Morgan fingerprint density at radius 2 is 2.36 bits per heavy atom. The first kappa shape index (κ1) is 11.4. The van der Waals surface area contributed by atoms with Crippen LogP contribution in [-0.2, 0) is 18.3 Å². The summed E-state index contributed by atoms with van der Waals surface area (Å²) in [5, 5.41) is 13.8. The van der Waals surface area contributed by atoms with E-state index in [0.717, 1.165) is 16.6 Å². The lowest BCUT2D eigenvalue weighted by atomic mass is 10.2. The molecule has 1 rings (SSSR count). The van der Waals surface area contributed by atoms with E-state index in [1.807, 2.05) is 14.0 Å². The van der Waals surface area contributed by atoms with Gasteiger partial charge in [-0.25, -0.2) is 0 Å². The van der Waals surface area contributed by atoms with Gasteiger partial charge in [0, 0.05) is 13.5 Å². The van der Waals surface area contributed by atoms with E-state index < -0.39 is 6.10 Å². The SMILES string of the molecule is CCc1c(Br)c([C@H](O)CC=O)nn1C. The predicted octanol–water partition coefficient (Wildman–Crippen LogP) is 1.37. The second-order valence-electron chi connectivity index (χ2n) is 3.04. The van der Waals surface area contributed by atoms with Crippen LogP contribution in [0.25, 0.3) is 0 Å². The Balaban J connectivity index is 3.03. The third kappa shape index (κ3) is 2.04. The molecule has 0 spiro atoms. The zero-order valence-corrected chi connectivity index (χ0v) is 9.78. The maximum absolute atomic E-state index is 10.3. The maximum atomic E-state index is 10.3. The Kier molecular flexibility index (Phi) is 3.83. The monoisotopic (exact) mass is 260 g/mol. The van der Waals surface area contributed by atoms with Gasteiger partial charge in [0.15, 0.2) is 0 Å². The number of carbonyl (C=O) groups excluding carboxylic acids is 1. The van der Waals surface area contributed by atoms with Gasteiger partial charge in [-0.2, -0.15) is 5.10 Å². The number of rotatable bonds is 4. The van der Waals surface area contributed by atoms with Crippen molar-refractivity contribution in [3.05, 3.63) is 15.9 Å². The van der Waals surface area contributed by atoms with Gasteiger partial charge < -0.3 is 9.90 Å². The molecule has 0 aliphatic carbocycles. The summed E-state index contributed by atoms with van der Waals surface area (Å²) in [5.41, 5.74) is 1.56. The first-order valence-corrected chi connectivity index (χ1v) is 5.24. The van der Waals surface area contributed by atoms with Gasteiger partial charge in [0.2, 0.25) is 0 Å². The molecule has 0 amide bonds. The van der Waals surface area contributed by atoms with Crippen molar-refractivity contribution in [2.24, 2.45) is 7.05 Å². The summed E-state index contributed by atoms with van der Waals surface area (Å²) in [6.45, 7) is 2.01. The molecule has 1 aromatic rings. The molecule has 78 valence electrons. The van der Waals surface area contributed by atoms with E-state index >= 15 is 0 Å². The number of aromatic nitrogens is 2. The normalized spacial score (nSPS) is 12.9. The summed E-state index contributed by atoms with van der Waals surface area (Å²) in [7, 11) is 1.82. The molecule has 0 unspecified atom stereocenters. The lowest BCUT2D eigenvalue weighted by Crippen LogP contribution is -2.01. The van der Waals surface area contributed by atoms with Crippen molar-refractivity contribution in [3.63, 3.8) is 0 Å². The Hall–Kier alpha value is -0.680. The average molecular weight is 261 g/mol. The Bertz CT molecular complexity index is 336. The highest BCUT2D eigenvalue weighted by Gasteiger charge is 2.18. The molecule has 4 nitrogen and oxygen atoms in total. The van der Waals surface area contributed by atoms with Crippen molar-refractivity contribution in [3.8, 4) is 0 Å². The summed E-state index contributed by atoms with van der Waals surface area (Å²) in [6, 6.07) is 0. The first-order valence-electron chi connectivity index (χ1n) is 4.44. The molecular weight excluding hydrogens is 248 g/mol. The van der Waals surface area contributed by atoms with Crippen molar-refractivity contribution < 1.29 is 9.90 Å². The van der Waals surface area contributed by atoms with Crippen LogP contribution in [0.3, 0.4) is 0 Å². The molecular formula is C9H13BrN2O2. The Morgan fingerprint density at radius 1 is 1.71 bits per heavy atom. The number of aryl methyl sites for hydroxylation is 1. The van der Waals surface area contributed by atoms with Crippen molar-refractivity contribution >= 4 is 22.2 Å². The minimum atomic E-state index is -0.812. The molecule has 5 heteroatoms. The van der Waals surface area contributed by atoms with Crippen LogP contribution in [0.4, 0.5) is 0 Å². The summed E-state index contributed by atoms with van der Waals surface area (Å²) in [4.78, 5) is 10.3. The smallest absolute Gasteiger partial charge is 0.122 e. The quantitative estimate of drug-likeness (QED) is 0.833. The Morgan fingerprint density at radius 3 is 2.79 bits per heavy atom. The van der Waals surface area contributed by atoms with Crippen LogP contribution >= 0.6 is 15.9 Å². The summed E-state index contributed by atoms with van der Waals surface area (Å²) in [5.74, 6) is 0. The molecule has 0 aliphatic rings. The zero-order valence-electron chi connectivity index (χ0n) is 8.20. The molecule has 0 bridgehead atoms. The molecule has 1 heterocycles. The molecule has 0 fully saturated rings. The number of aliphatic hydroxyl groups is 1. The third-order valence-corrected chi connectivity index (χ3v) is 2.96. The Labute approximate surface area is 91.1 Å². The largest absolute Gasteiger partial charge is 0.386 e. The highest BCUT2D eigenvalue weighted by Crippen LogP contribution is 2.27. The van der Waals surface area contributed by atoms with Gasteiger partial charge in [0.05, 0.1) is 10.2 Å². The number of hydrogen-bond acceptors (Lipinski definition) is 3. The number of carbonyl (C=O) groups is 1. The fourth-order valence-corrected chi connectivity index (χ4v) is 2.24. The number of hydrogen-bond donors (Lipinski definition) is 1. The van der Waals surface area contributed by atoms with Gasteiger partial charge in [-0.15, -0.1) is 0 Å². The first-order chi connectivity index (χ1) is 6.61. The van der Waals surface area contributed by atoms with Crippen molar-refractivity contribution in [2.45, 2.75) is 25.9 Å². The van der Waals surface area contributed by atoms with Gasteiger partial charge in [-0.05, 0) is 22.4 Å². The fraction of sp³-hybridized carbons (Fsp3) is 0.556. The standard InChI is InChI=1S/C9H13BrN2O2/c1-3-6-8(10)9(11-12(6)2)7(14)4-5-13/h5,7,14H,3-4H2,1-2H3/t7-/m1/s1. The predicted molar refractivity (Wildman–Crippen MR) is 55.9 cm³/mol. The van der Waals surface area contributed by atoms with Crippen LogP contribution in [0, 0.1) is 0 Å². The van der Waals surface area contributed by atoms with Gasteiger partial charge in [-0.1, -0.05) is 6.92 Å². The number of halogens is 1. The molecule has 1 N–H and O–H groups in total. The van der Waals surface area contributed by atoms with Gasteiger partial charge >= 0.3 is 0 Å². The van der Waals surface area contributed by atoms with Crippen LogP contribution < -0.4 is 0 Å². The molecule has 0 aromatic carbocycles. The minimum absolute atomic E-state index is 0.0821. The molecule has 0 saturated carbocycles. The van der Waals surface area contributed by atoms with Crippen LogP contribution in [0.5, 0.6) is 0 Å². The molecule has 14 heavy (non-hydrogen) atoms. The van der Waals surface area contributed by atoms with E-state index in [-0.39, 0.29) is 6.42 Å². The van der Waals surface area contributed by atoms with Crippen LogP contribution in [-0.4, -0.2) is 21.2 Å². The molecule has 0 saturated heterocycles. The van der Waals surface area contributed by atoms with Crippen LogP contribution in [0.2, 0.25) is 0 Å². The van der Waals surface area contributed by atoms with E-state index in [0.29, 0.717) is 12.0 Å². The topological polar surface area (TPSA) is 55.1 Å². The second-order valence-corrected chi connectivity index (χ2v) is 3.83. The summed E-state index contributed by atoms with van der Waals surface area (Å²) < 4.78 is 2.52. The highest BCUT2D eigenvalue weighted by atomic mass is 79.9. The number of aldehydes is 1. The fourth-order valence-electron chi connectivity index (χ4n) is 1.36. The van der Waals surface area contributed by atoms with Crippen molar-refractivity contribution in [1.29, 1.82) is 0 Å². The van der Waals surface area contributed by atoms with E-state index in [1.54, 1.807) is 4.68 Å². The van der Waals surface area contributed by atoms with Gasteiger partial charge in [0.25, 0.3) is 0 Å². The van der Waals surface area contributed by atoms with Gasteiger partial charge in [-0.3, -0.25) is 4.68 Å². The lowest BCUT2D eigenvalue weighted by Gasteiger charge is -2.02. The molecule has 0 aliphatic heterocycles. The van der Waals surface area contributed by atoms with E-state index in [9.17, 15) is 9.90 Å². The van der Waals surface area contributed by atoms with Crippen molar-refractivity contribution in [2.75, 3.05) is 0 Å². The van der Waals surface area contributed by atoms with Gasteiger partial charge in [0.1, 0.15) is 18.1 Å². The summed E-state index contributed by atoms with van der Waals surface area (Å²) >= 11 is 3.37. The molecule has 0 radical (unpaired) electrons. The second kappa shape index (κ2) is 4.70. The minimum Gasteiger partial charge on any atom is -0.386 e. The van der Waals surface area contributed by atoms with E-state index in [1.165, 1.54) is 0 Å². The summed E-state index contributed by atoms with van der Waals surface area (Å²) in [6.07, 6.45) is 0.794. The average Bonchev–Trinajstić information content (AvgIpc) is 2.42. The van der Waals surface area contributed by atoms with Crippen molar-refractivity contribution in [1.82, 2.24) is 9.78 Å². The van der Waals surface area contributed by atoms with Crippen LogP contribution in [0.15, 0.2) is 4.47 Å². The zero-order chi connectivity index (χ0) is 10.7. The lowest BCUT2D eigenvalue weighted by molar-refractivity contribution is -0.109. The number of nitrogens with zero attached hydrogens (tertiary/aromatic N) is 2. The maximum Gasteiger partial charge on any atom is 0.122 e. The number of aliphatic hydroxyl groups excluding tert-OH is 1.